The van der Waals surface area contributed by atoms with Crippen LogP contribution in [-0.4, -0.2) is 44.2 Å². The third kappa shape index (κ3) is 6.71. The largest absolute Gasteiger partial charge is 0.353 e. The van der Waals surface area contributed by atoms with Crippen molar-refractivity contribution in [1.82, 2.24) is 5.32 Å². The van der Waals surface area contributed by atoms with Crippen LogP contribution in [0.2, 0.25) is 0 Å². The quantitative estimate of drug-likeness (QED) is 0.628. The number of rotatable bonds is 9. The van der Waals surface area contributed by atoms with E-state index in [1.807, 2.05) is 37.7 Å². The summed E-state index contributed by atoms with van der Waals surface area (Å²) in [5, 5.41) is 3.65. The zero-order valence-corrected chi connectivity index (χ0v) is 18.2. The number of thioether (sulfide) groups is 1. The van der Waals surface area contributed by atoms with E-state index in [2.05, 4.69) is 5.32 Å². The van der Waals surface area contributed by atoms with Crippen molar-refractivity contribution >= 4 is 33.4 Å². The molecular formula is C20H32N2O3S2. The van der Waals surface area contributed by atoms with Crippen molar-refractivity contribution in [3.63, 3.8) is 0 Å². The van der Waals surface area contributed by atoms with Gasteiger partial charge in [0.25, 0.3) is 0 Å². The lowest BCUT2D eigenvalue weighted by atomic mass is 10.0. The Balaban J connectivity index is 1.99. The van der Waals surface area contributed by atoms with Crippen molar-refractivity contribution in [2.75, 3.05) is 22.9 Å². The standard InChI is InChI=1S/C20H32N2O3S2/c1-4-19(20(23)21-13-14-26-18-11-6-5-7-12-18)22(27(3,24)25)17-10-8-9-16(2)15-17/h8-10,15,18-19H,4-7,11-14H2,1-3H3,(H,21,23)/t19-/m1/s1. The first-order valence-electron chi connectivity index (χ1n) is 9.78. The summed E-state index contributed by atoms with van der Waals surface area (Å²) in [5.74, 6) is 0.643. The molecule has 0 saturated heterocycles. The summed E-state index contributed by atoms with van der Waals surface area (Å²) in [5.41, 5.74) is 1.50. The van der Waals surface area contributed by atoms with Gasteiger partial charge in [-0.25, -0.2) is 8.42 Å². The molecule has 0 aromatic heterocycles. The van der Waals surface area contributed by atoms with Gasteiger partial charge in [0.2, 0.25) is 15.9 Å². The predicted molar refractivity (Wildman–Crippen MR) is 115 cm³/mol. The number of benzene rings is 1. The number of hydrogen-bond donors (Lipinski definition) is 1. The summed E-state index contributed by atoms with van der Waals surface area (Å²) >= 11 is 1.92. The minimum atomic E-state index is -3.57. The molecule has 1 aliphatic rings. The molecule has 0 spiro atoms. The molecule has 2 rings (SSSR count). The highest BCUT2D eigenvalue weighted by atomic mass is 32.2. The van der Waals surface area contributed by atoms with Crippen molar-refractivity contribution in [3.8, 4) is 0 Å². The first-order chi connectivity index (χ1) is 12.8. The van der Waals surface area contributed by atoms with E-state index >= 15 is 0 Å². The molecule has 0 unspecified atom stereocenters. The molecule has 152 valence electrons. The van der Waals surface area contributed by atoms with Gasteiger partial charge in [-0.1, -0.05) is 38.3 Å². The molecule has 0 heterocycles. The van der Waals surface area contributed by atoms with Gasteiger partial charge < -0.3 is 5.32 Å². The molecule has 0 aliphatic heterocycles. The SMILES string of the molecule is CC[C@H](C(=O)NCCSC1CCCCC1)N(c1cccc(C)c1)S(C)(=O)=O. The van der Waals surface area contributed by atoms with Crippen LogP contribution in [0.4, 0.5) is 5.69 Å². The Morgan fingerprint density at radius 3 is 2.59 bits per heavy atom. The van der Waals surface area contributed by atoms with Gasteiger partial charge in [-0.05, 0) is 43.9 Å². The van der Waals surface area contributed by atoms with E-state index in [0.29, 0.717) is 23.9 Å². The normalized spacial score (nSPS) is 16.7. The zero-order valence-electron chi connectivity index (χ0n) is 16.6. The molecule has 1 N–H and O–H groups in total. The summed E-state index contributed by atoms with van der Waals surface area (Å²) in [6.45, 7) is 4.32. The summed E-state index contributed by atoms with van der Waals surface area (Å²) in [4.78, 5) is 12.7. The minimum absolute atomic E-state index is 0.228. The molecule has 0 radical (unpaired) electrons. The number of carbonyl (C=O) groups excluding carboxylic acids is 1. The molecule has 7 heteroatoms. The Labute approximate surface area is 168 Å². The third-order valence-corrected chi connectivity index (χ3v) is 7.46. The molecule has 27 heavy (non-hydrogen) atoms. The number of amides is 1. The zero-order chi connectivity index (χ0) is 19.9. The molecule has 1 fully saturated rings. The average Bonchev–Trinajstić information content (AvgIpc) is 2.62. The van der Waals surface area contributed by atoms with E-state index < -0.39 is 16.1 Å². The van der Waals surface area contributed by atoms with Gasteiger partial charge in [0.1, 0.15) is 6.04 Å². The Kier molecular flexibility index (Phi) is 8.48. The first kappa shape index (κ1) is 22.1. The number of nitrogens with zero attached hydrogens (tertiary/aromatic N) is 1. The number of anilines is 1. The van der Waals surface area contributed by atoms with Crippen LogP contribution >= 0.6 is 11.8 Å². The van der Waals surface area contributed by atoms with E-state index in [1.54, 1.807) is 12.1 Å². The Bertz CT molecular complexity index is 716. The molecule has 1 aromatic rings. The number of nitrogens with one attached hydrogen (secondary N) is 1. The fourth-order valence-electron chi connectivity index (χ4n) is 3.57. The third-order valence-electron chi connectivity index (χ3n) is 4.89. The van der Waals surface area contributed by atoms with Crippen LogP contribution in [0.1, 0.15) is 51.0 Å². The van der Waals surface area contributed by atoms with Crippen molar-refractivity contribution in [1.29, 1.82) is 0 Å². The van der Waals surface area contributed by atoms with Crippen molar-refractivity contribution < 1.29 is 13.2 Å². The van der Waals surface area contributed by atoms with E-state index in [-0.39, 0.29) is 5.91 Å². The molecule has 1 amide bonds. The highest BCUT2D eigenvalue weighted by Gasteiger charge is 2.31. The van der Waals surface area contributed by atoms with Crippen LogP contribution in [0.5, 0.6) is 0 Å². The van der Waals surface area contributed by atoms with Crippen LogP contribution in [0.25, 0.3) is 0 Å². The maximum Gasteiger partial charge on any atom is 0.243 e. The number of carbonyl (C=O) groups is 1. The molecule has 5 nitrogen and oxygen atoms in total. The van der Waals surface area contributed by atoms with E-state index in [4.69, 9.17) is 0 Å². The lowest BCUT2D eigenvalue weighted by molar-refractivity contribution is -0.122. The van der Waals surface area contributed by atoms with E-state index in [0.717, 1.165) is 17.6 Å². The molecule has 1 aromatic carbocycles. The first-order valence-corrected chi connectivity index (χ1v) is 12.7. The average molecular weight is 413 g/mol. The maximum absolute atomic E-state index is 12.7. The smallest absolute Gasteiger partial charge is 0.243 e. The van der Waals surface area contributed by atoms with Crippen LogP contribution in [0.15, 0.2) is 24.3 Å². The summed E-state index contributed by atoms with van der Waals surface area (Å²) < 4.78 is 26.1. The van der Waals surface area contributed by atoms with E-state index in [9.17, 15) is 13.2 Å². The van der Waals surface area contributed by atoms with Gasteiger partial charge in [-0.3, -0.25) is 9.10 Å². The molecule has 1 saturated carbocycles. The summed E-state index contributed by atoms with van der Waals surface area (Å²) in [6.07, 6.45) is 8.07. The summed E-state index contributed by atoms with van der Waals surface area (Å²) in [6, 6.07) is 6.53. The predicted octanol–water partition coefficient (Wildman–Crippen LogP) is 3.72. The van der Waals surface area contributed by atoms with E-state index in [1.165, 1.54) is 36.4 Å². The van der Waals surface area contributed by atoms with Gasteiger partial charge in [-0.15, -0.1) is 0 Å². The Morgan fingerprint density at radius 1 is 1.30 bits per heavy atom. The Hall–Kier alpha value is -1.21. The molecular weight excluding hydrogens is 380 g/mol. The number of aryl methyl sites for hydroxylation is 1. The van der Waals surface area contributed by atoms with Crippen LogP contribution in [0, 0.1) is 6.92 Å². The van der Waals surface area contributed by atoms with Crippen molar-refractivity contribution in [2.24, 2.45) is 0 Å². The lowest BCUT2D eigenvalue weighted by Crippen LogP contribution is -2.49. The topological polar surface area (TPSA) is 66.5 Å². The van der Waals surface area contributed by atoms with Crippen molar-refractivity contribution in [3.05, 3.63) is 29.8 Å². The lowest BCUT2D eigenvalue weighted by Gasteiger charge is -2.30. The highest BCUT2D eigenvalue weighted by Crippen LogP contribution is 2.28. The van der Waals surface area contributed by atoms with Crippen LogP contribution in [-0.2, 0) is 14.8 Å². The van der Waals surface area contributed by atoms with Crippen molar-refractivity contribution in [2.45, 2.75) is 63.7 Å². The van der Waals surface area contributed by atoms with Gasteiger partial charge in [0.15, 0.2) is 0 Å². The monoisotopic (exact) mass is 412 g/mol. The second-order valence-electron chi connectivity index (χ2n) is 7.24. The maximum atomic E-state index is 12.7. The molecule has 1 aliphatic carbocycles. The number of hydrogen-bond acceptors (Lipinski definition) is 4. The number of sulfonamides is 1. The second-order valence-corrected chi connectivity index (χ2v) is 10.5. The molecule has 0 bridgehead atoms. The van der Waals surface area contributed by atoms with Gasteiger partial charge >= 0.3 is 0 Å². The van der Waals surface area contributed by atoms with Crippen LogP contribution < -0.4 is 9.62 Å². The van der Waals surface area contributed by atoms with Crippen LogP contribution in [0.3, 0.4) is 0 Å². The fraction of sp³-hybridized carbons (Fsp3) is 0.650. The van der Waals surface area contributed by atoms with Gasteiger partial charge in [0.05, 0.1) is 11.9 Å². The molecule has 1 atom stereocenters. The van der Waals surface area contributed by atoms with Gasteiger partial charge in [0, 0.05) is 17.5 Å². The summed E-state index contributed by atoms with van der Waals surface area (Å²) in [7, 11) is -3.57. The minimum Gasteiger partial charge on any atom is -0.353 e. The Morgan fingerprint density at radius 2 is 2.00 bits per heavy atom. The fourth-order valence-corrected chi connectivity index (χ4v) is 6.00. The second kappa shape index (κ2) is 10.4. The highest BCUT2D eigenvalue weighted by molar-refractivity contribution is 7.99. The van der Waals surface area contributed by atoms with Gasteiger partial charge in [-0.2, -0.15) is 11.8 Å².